The molecule has 1 atom stereocenters. The van der Waals surface area contributed by atoms with Crippen molar-refractivity contribution in [1.29, 1.82) is 0 Å². The molecule has 1 N–H and O–H groups in total. The second kappa shape index (κ2) is 9.88. The van der Waals surface area contributed by atoms with E-state index in [9.17, 15) is 4.79 Å². The van der Waals surface area contributed by atoms with Crippen LogP contribution in [0.1, 0.15) is 31.0 Å². The number of benzene rings is 2. The van der Waals surface area contributed by atoms with Crippen molar-refractivity contribution in [2.24, 2.45) is 5.92 Å². The van der Waals surface area contributed by atoms with E-state index >= 15 is 0 Å². The van der Waals surface area contributed by atoms with Gasteiger partial charge in [0.1, 0.15) is 5.75 Å². The molecule has 6 nitrogen and oxygen atoms in total. The minimum atomic E-state index is -0.0968. The summed E-state index contributed by atoms with van der Waals surface area (Å²) in [6, 6.07) is 11.2. The highest BCUT2D eigenvalue weighted by atomic mass is 16.5. The average molecular weight is 387 g/mol. The number of carbonyl (C=O) groups excluding carboxylic acids is 1. The largest absolute Gasteiger partial charge is 0.497 e. The fraction of sp³-hybridized carbons (Fsp3) is 0.409. The number of amides is 1. The van der Waals surface area contributed by atoms with Crippen LogP contribution in [0.2, 0.25) is 0 Å². The van der Waals surface area contributed by atoms with E-state index in [0.717, 1.165) is 16.9 Å². The van der Waals surface area contributed by atoms with E-state index in [0.29, 0.717) is 17.2 Å². The van der Waals surface area contributed by atoms with E-state index in [1.165, 1.54) is 0 Å². The van der Waals surface area contributed by atoms with Crippen LogP contribution in [0.25, 0.3) is 0 Å². The molecule has 0 saturated heterocycles. The summed E-state index contributed by atoms with van der Waals surface area (Å²) in [5, 5.41) is 3.13. The van der Waals surface area contributed by atoms with Gasteiger partial charge in [-0.25, -0.2) is 0 Å². The first-order valence-corrected chi connectivity index (χ1v) is 9.15. The van der Waals surface area contributed by atoms with Gasteiger partial charge in [0.2, 0.25) is 11.7 Å². The number of nitrogens with one attached hydrogen (secondary N) is 1. The summed E-state index contributed by atoms with van der Waals surface area (Å²) in [5.74, 6) is 2.50. The van der Waals surface area contributed by atoms with Crippen LogP contribution in [0, 0.1) is 5.92 Å². The topological polar surface area (TPSA) is 66.0 Å². The second-order valence-corrected chi connectivity index (χ2v) is 6.77. The second-order valence-electron chi connectivity index (χ2n) is 6.77. The molecule has 2 aromatic rings. The molecule has 0 bridgehead atoms. The highest BCUT2D eigenvalue weighted by molar-refractivity contribution is 5.79. The standard InChI is InChI=1S/C22H29NO5/c1-14(2)21(16-7-9-17(25-3)10-8-16)23-20(24)13-15-11-18(26-4)22(28-6)19(12-15)27-5/h7-12,14,21H,13H2,1-6H3,(H,23,24)/t21-/m0/s1. The van der Waals surface area contributed by atoms with Gasteiger partial charge in [-0.1, -0.05) is 26.0 Å². The Kier molecular flexibility index (Phi) is 7.55. The molecule has 0 aliphatic carbocycles. The van der Waals surface area contributed by atoms with Crippen molar-refractivity contribution in [3.8, 4) is 23.0 Å². The monoisotopic (exact) mass is 387 g/mol. The minimum absolute atomic E-state index is 0.0798. The molecule has 1 amide bonds. The van der Waals surface area contributed by atoms with Crippen LogP contribution in [0.5, 0.6) is 23.0 Å². The maximum Gasteiger partial charge on any atom is 0.224 e. The third-order valence-corrected chi connectivity index (χ3v) is 4.55. The molecule has 2 aromatic carbocycles. The summed E-state index contributed by atoms with van der Waals surface area (Å²) in [6.07, 6.45) is 0.204. The van der Waals surface area contributed by atoms with Gasteiger partial charge in [0.15, 0.2) is 11.5 Å². The lowest BCUT2D eigenvalue weighted by atomic mass is 9.95. The number of carbonyl (C=O) groups is 1. The van der Waals surface area contributed by atoms with Gasteiger partial charge in [-0.3, -0.25) is 4.79 Å². The molecule has 6 heteroatoms. The number of ether oxygens (including phenoxy) is 4. The predicted octanol–water partition coefficient (Wildman–Crippen LogP) is 3.78. The molecule has 0 aromatic heterocycles. The van der Waals surface area contributed by atoms with E-state index in [1.807, 2.05) is 24.3 Å². The SMILES string of the molecule is COc1ccc([C@@H](NC(=O)Cc2cc(OC)c(OC)c(OC)c2)C(C)C)cc1. The summed E-state index contributed by atoms with van der Waals surface area (Å²) in [7, 11) is 6.29. The number of hydrogen-bond donors (Lipinski definition) is 1. The zero-order chi connectivity index (χ0) is 20.7. The summed E-state index contributed by atoms with van der Waals surface area (Å²) in [4.78, 5) is 12.7. The highest BCUT2D eigenvalue weighted by Crippen LogP contribution is 2.38. The van der Waals surface area contributed by atoms with E-state index in [-0.39, 0.29) is 24.3 Å². The lowest BCUT2D eigenvalue weighted by Gasteiger charge is -2.23. The van der Waals surface area contributed by atoms with Crippen molar-refractivity contribution in [2.45, 2.75) is 26.3 Å². The van der Waals surface area contributed by atoms with E-state index < -0.39 is 0 Å². The van der Waals surface area contributed by atoms with Crippen LogP contribution in [0.3, 0.4) is 0 Å². The van der Waals surface area contributed by atoms with Crippen LogP contribution in [0.4, 0.5) is 0 Å². The Labute approximate surface area is 166 Å². The van der Waals surface area contributed by atoms with Gasteiger partial charge in [0.25, 0.3) is 0 Å². The molecule has 152 valence electrons. The number of hydrogen-bond acceptors (Lipinski definition) is 5. The number of rotatable bonds is 9. The molecule has 2 rings (SSSR count). The molecule has 0 aliphatic heterocycles. The molecule has 0 spiro atoms. The fourth-order valence-electron chi connectivity index (χ4n) is 3.09. The Morgan fingerprint density at radius 1 is 0.893 bits per heavy atom. The van der Waals surface area contributed by atoms with Crippen molar-refractivity contribution >= 4 is 5.91 Å². The fourth-order valence-corrected chi connectivity index (χ4v) is 3.09. The predicted molar refractivity (Wildman–Crippen MR) is 109 cm³/mol. The van der Waals surface area contributed by atoms with Crippen molar-refractivity contribution < 1.29 is 23.7 Å². The van der Waals surface area contributed by atoms with Crippen LogP contribution < -0.4 is 24.3 Å². The van der Waals surface area contributed by atoms with Crippen molar-refractivity contribution in [1.82, 2.24) is 5.32 Å². The van der Waals surface area contributed by atoms with Gasteiger partial charge >= 0.3 is 0 Å². The minimum Gasteiger partial charge on any atom is -0.497 e. The lowest BCUT2D eigenvalue weighted by Crippen LogP contribution is -2.32. The molecule has 0 unspecified atom stereocenters. The maximum atomic E-state index is 12.7. The van der Waals surface area contributed by atoms with Crippen LogP contribution in [0.15, 0.2) is 36.4 Å². The molecule has 0 fully saturated rings. The smallest absolute Gasteiger partial charge is 0.224 e. The van der Waals surface area contributed by atoms with E-state index in [1.54, 1.807) is 40.6 Å². The van der Waals surface area contributed by atoms with Crippen LogP contribution >= 0.6 is 0 Å². The zero-order valence-corrected chi connectivity index (χ0v) is 17.4. The quantitative estimate of drug-likeness (QED) is 0.709. The third kappa shape index (κ3) is 5.09. The van der Waals surface area contributed by atoms with Gasteiger partial charge in [-0.2, -0.15) is 0 Å². The molecule has 0 aliphatic rings. The van der Waals surface area contributed by atoms with E-state index in [4.69, 9.17) is 18.9 Å². The Bertz CT molecular complexity index is 761. The number of methoxy groups -OCH3 is 4. The van der Waals surface area contributed by atoms with E-state index in [2.05, 4.69) is 19.2 Å². The molecule has 0 saturated carbocycles. The van der Waals surface area contributed by atoms with Gasteiger partial charge in [-0.15, -0.1) is 0 Å². The Hall–Kier alpha value is -2.89. The first-order chi connectivity index (χ1) is 13.4. The van der Waals surface area contributed by atoms with Crippen LogP contribution in [-0.2, 0) is 11.2 Å². The summed E-state index contributed by atoms with van der Waals surface area (Å²) >= 11 is 0. The average Bonchev–Trinajstić information content (AvgIpc) is 2.71. The summed E-state index contributed by atoms with van der Waals surface area (Å²) < 4.78 is 21.3. The Morgan fingerprint density at radius 3 is 1.89 bits per heavy atom. The Balaban J connectivity index is 2.18. The Morgan fingerprint density at radius 2 is 1.46 bits per heavy atom. The molecule has 0 radical (unpaired) electrons. The summed E-state index contributed by atoms with van der Waals surface area (Å²) in [6.45, 7) is 4.16. The van der Waals surface area contributed by atoms with Gasteiger partial charge in [0.05, 0.1) is 40.9 Å². The molecule has 28 heavy (non-hydrogen) atoms. The lowest BCUT2D eigenvalue weighted by molar-refractivity contribution is -0.121. The maximum absolute atomic E-state index is 12.7. The molecular formula is C22H29NO5. The van der Waals surface area contributed by atoms with Crippen molar-refractivity contribution in [3.63, 3.8) is 0 Å². The normalized spacial score (nSPS) is 11.7. The molecule has 0 heterocycles. The van der Waals surface area contributed by atoms with Gasteiger partial charge in [0, 0.05) is 0 Å². The summed E-state index contributed by atoms with van der Waals surface area (Å²) in [5.41, 5.74) is 1.82. The first-order valence-electron chi connectivity index (χ1n) is 9.15. The van der Waals surface area contributed by atoms with Crippen molar-refractivity contribution in [2.75, 3.05) is 28.4 Å². The highest BCUT2D eigenvalue weighted by Gasteiger charge is 2.20. The molecular weight excluding hydrogens is 358 g/mol. The third-order valence-electron chi connectivity index (χ3n) is 4.55. The first kappa shape index (κ1) is 21.4. The van der Waals surface area contributed by atoms with Gasteiger partial charge < -0.3 is 24.3 Å². The zero-order valence-electron chi connectivity index (χ0n) is 17.4. The van der Waals surface area contributed by atoms with Gasteiger partial charge in [-0.05, 0) is 41.3 Å². The van der Waals surface area contributed by atoms with Crippen LogP contribution in [-0.4, -0.2) is 34.3 Å². The van der Waals surface area contributed by atoms with Crippen molar-refractivity contribution in [3.05, 3.63) is 47.5 Å².